The number of para-hydroxylation sites is 2. The topological polar surface area (TPSA) is 56.7 Å². The van der Waals surface area contributed by atoms with E-state index < -0.39 is 14.9 Å². The first-order valence-corrected chi connectivity index (χ1v) is 25.9. The Morgan fingerprint density at radius 2 is 1.33 bits per heavy atom. The van der Waals surface area contributed by atoms with Crippen molar-refractivity contribution in [2.75, 3.05) is 0 Å². The normalized spacial score (nSPS) is 12.7. The van der Waals surface area contributed by atoms with Crippen molar-refractivity contribution in [2.45, 2.75) is 66.0 Å². The molecule has 0 fully saturated rings. The number of nitrogens with zero attached hydrogens (tertiary/aromatic N) is 4. The molecule has 0 aliphatic rings. The summed E-state index contributed by atoms with van der Waals surface area (Å²) in [6.45, 7) is 13.5. The first kappa shape index (κ1) is 41.0. The Morgan fingerprint density at radius 1 is 0.652 bits per heavy atom. The van der Waals surface area contributed by atoms with Gasteiger partial charge in [-0.3, -0.25) is 4.98 Å². The van der Waals surface area contributed by atoms with Gasteiger partial charge in [0.15, 0.2) is 0 Å². The zero-order chi connectivity index (χ0) is 47.5. The van der Waals surface area contributed by atoms with Gasteiger partial charge >= 0.3 is 0 Å². The molecule has 0 atom stereocenters. The number of benzene rings is 7. The first-order valence-electron chi connectivity index (χ1n) is 23.9. The predicted octanol–water partition coefficient (Wildman–Crippen LogP) is 15.4. The third-order valence-corrected chi connectivity index (χ3v) is 14.4. The Bertz CT molecular complexity index is 3620. The second kappa shape index (κ2) is 18.1. The molecule has 0 spiro atoms. The van der Waals surface area contributed by atoms with Gasteiger partial charge in [0.25, 0.3) is 0 Å². The SMILES string of the molecule is C[Si](C)(C)c1ccc(-c2[c-]cccc2)nc1.[2H]C([2H])([2H])c1nc2oc3c(-c4nc5ccccc5n4-c4c(C(C)C)cc(-c5ccccc5)cc4C(C)C)[c-]ccc3c2c2cc3ccccc3cc12.[Ir]. The van der Waals surface area contributed by atoms with Crippen molar-refractivity contribution in [3.05, 3.63) is 187 Å². The monoisotopic (exact) mass is 1060 g/mol. The van der Waals surface area contributed by atoms with Crippen molar-refractivity contribution < 1.29 is 28.6 Å². The van der Waals surface area contributed by atoms with E-state index in [4.69, 9.17) is 18.5 Å². The first-order chi connectivity index (χ1) is 32.7. The Labute approximate surface area is 406 Å². The second-order valence-electron chi connectivity index (χ2n) is 18.5. The number of imidazole rings is 1. The maximum Gasteiger partial charge on any atom is 0.217 e. The van der Waals surface area contributed by atoms with Crippen LogP contribution in [0.5, 0.6) is 0 Å². The van der Waals surface area contributed by atoms with Crippen molar-refractivity contribution in [3.63, 3.8) is 0 Å². The van der Waals surface area contributed by atoms with Crippen LogP contribution in [0.2, 0.25) is 19.6 Å². The zero-order valence-electron chi connectivity index (χ0n) is 41.2. The van der Waals surface area contributed by atoms with Crippen molar-refractivity contribution in [1.29, 1.82) is 0 Å². The fourth-order valence-electron chi connectivity index (χ4n) is 8.95. The molecule has 1 radical (unpaired) electrons. The fourth-order valence-corrected chi connectivity index (χ4v) is 9.98. The minimum atomic E-state index is -2.44. The van der Waals surface area contributed by atoms with Gasteiger partial charge in [0, 0.05) is 52.6 Å². The number of hydrogen-bond donors (Lipinski definition) is 0. The van der Waals surface area contributed by atoms with Crippen LogP contribution in [0.15, 0.2) is 162 Å². The van der Waals surface area contributed by atoms with Crippen LogP contribution >= 0.6 is 0 Å². The molecule has 0 aliphatic heterocycles. The third-order valence-electron chi connectivity index (χ3n) is 12.4. The summed E-state index contributed by atoms with van der Waals surface area (Å²) in [5.74, 6) is 1.12. The van der Waals surface area contributed by atoms with Gasteiger partial charge in [-0.25, -0.2) is 4.98 Å². The van der Waals surface area contributed by atoms with Crippen LogP contribution in [0.1, 0.15) is 60.5 Å². The van der Waals surface area contributed by atoms with E-state index >= 15 is 0 Å². The molecular formula is C59H52IrN4OSi-2. The minimum Gasteiger partial charge on any atom is -0.486 e. The summed E-state index contributed by atoms with van der Waals surface area (Å²) in [4.78, 5) is 14.5. The molecule has 0 amide bonds. The summed E-state index contributed by atoms with van der Waals surface area (Å²) < 4.78 is 34.2. The Balaban J connectivity index is 0.000000296. The number of pyridine rings is 2. The summed E-state index contributed by atoms with van der Waals surface area (Å²) in [5.41, 5.74) is 11.4. The summed E-state index contributed by atoms with van der Waals surface area (Å²) in [6, 6.07) is 58.2. The summed E-state index contributed by atoms with van der Waals surface area (Å²) >= 11 is 0. The third kappa shape index (κ3) is 8.21. The van der Waals surface area contributed by atoms with Crippen LogP contribution in [-0.4, -0.2) is 27.6 Å². The number of fused-ring (bicyclic) bond motifs is 7. The number of aromatic nitrogens is 4. The molecular weight excluding hydrogens is 1000 g/mol. The van der Waals surface area contributed by atoms with E-state index in [2.05, 4.69) is 136 Å². The quantitative estimate of drug-likeness (QED) is 0.0907. The molecule has 0 unspecified atom stereocenters. The smallest absolute Gasteiger partial charge is 0.217 e. The second-order valence-corrected chi connectivity index (χ2v) is 23.6. The predicted molar refractivity (Wildman–Crippen MR) is 275 cm³/mol. The average Bonchev–Trinajstić information content (AvgIpc) is 3.92. The zero-order valence-corrected chi connectivity index (χ0v) is 41.6. The van der Waals surface area contributed by atoms with E-state index in [1.807, 2.05) is 91.1 Å². The molecule has 0 bridgehead atoms. The van der Waals surface area contributed by atoms with Gasteiger partial charge in [0.2, 0.25) is 5.71 Å². The maximum absolute atomic E-state index is 8.42. The van der Waals surface area contributed by atoms with Gasteiger partial charge in [-0.1, -0.05) is 137 Å². The van der Waals surface area contributed by atoms with Crippen LogP contribution in [-0.2, 0) is 20.1 Å². The molecule has 0 saturated carbocycles. The molecule has 329 valence electrons. The Kier molecular flexibility index (Phi) is 11.2. The minimum absolute atomic E-state index is 0. The van der Waals surface area contributed by atoms with Crippen molar-refractivity contribution in [2.24, 2.45) is 0 Å². The summed E-state index contributed by atoms with van der Waals surface area (Å²) in [6.07, 6.45) is 2.02. The van der Waals surface area contributed by atoms with Gasteiger partial charge in [-0.15, -0.1) is 54.1 Å². The van der Waals surface area contributed by atoms with E-state index in [1.54, 1.807) is 0 Å². The molecule has 0 N–H and O–H groups in total. The van der Waals surface area contributed by atoms with Crippen LogP contribution in [0.3, 0.4) is 0 Å². The van der Waals surface area contributed by atoms with Crippen LogP contribution < -0.4 is 5.19 Å². The van der Waals surface area contributed by atoms with Gasteiger partial charge in [-0.2, -0.15) is 0 Å². The largest absolute Gasteiger partial charge is 0.486 e. The molecule has 7 heteroatoms. The standard InChI is InChI=1S/C45H36N3O.C14H16NSi.Ir/c1-26(2)35-24-32(29-14-7-6-8-15-29)25-36(27(3)4)42(35)48-40-21-12-11-20-39(40)47-44(48)34-19-13-18-33-41-38-23-31-17-10-9-16-30(31)22-37(38)28(5)46-45(41)49-43(33)34;1-16(2,3)13-9-10-14(15-11-13)12-7-5-4-6-8-12;/h6-18,20-27H,1-5H3;4-7,9-11H,1-3H3;/q2*-1;/i5D3;;. The Hall–Kier alpha value is -6.50. The van der Waals surface area contributed by atoms with Crippen LogP contribution in [0.25, 0.3) is 94.1 Å². The number of hydrogen-bond acceptors (Lipinski definition) is 4. The molecule has 0 saturated heterocycles. The fraction of sp³-hybridized carbons (Fsp3) is 0.169. The molecule has 11 rings (SSSR count). The van der Waals surface area contributed by atoms with Crippen LogP contribution in [0.4, 0.5) is 0 Å². The van der Waals surface area contributed by atoms with Gasteiger partial charge < -0.3 is 14.0 Å². The van der Waals surface area contributed by atoms with E-state index in [0.29, 0.717) is 22.4 Å². The van der Waals surface area contributed by atoms with E-state index in [-0.39, 0.29) is 43.3 Å². The van der Waals surface area contributed by atoms with Crippen molar-refractivity contribution in [1.82, 2.24) is 19.5 Å². The molecule has 4 heterocycles. The van der Waals surface area contributed by atoms with E-state index in [0.717, 1.165) is 54.9 Å². The van der Waals surface area contributed by atoms with Gasteiger partial charge in [0.05, 0.1) is 30.5 Å². The van der Waals surface area contributed by atoms with Crippen molar-refractivity contribution in [3.8, 4) is 39.5 Å². The van der Waals surface area contributed by atoms with E-state index in [9.17, 15) is 0 Å². The number of furan rings is 1. The van der Waals surface area contributed by atoms with Gasteiger partial charge in [0.1, 0.15) is 0 Å². The summed E-state index contributed by atoms with van der Waals surface area (Å²) in [5, 5.41) is 6.36. The molecule has 7 aromatic carbocycles. The van der Waals surface area contributed by atoms with Crippen LogP contribution in [0, 0.1) is 19.0 Å². The maximum atomic E-state index is 8.42. The Morgan fingerprint density at radius 3 is 1.98 bits per heavy atom. The average molecular weight is 1060 g/mol. The molecule has 0 aliphatic carbocycles. The number of rotatable bonds is 7. The number of aryl methyl sites for hydroxylation is 1. The van der Waals surface area contributed by atoms with Crippen molar-refractivity contribution >= 4 is 67.9 Å². The summed E-state index contributed by atoms with van der Waals surface area (Å²) in [7, 11) is -1.23. The van der Waals surface area contributed by atoms with E-state index in [1.165, 1.54) is 27.4 Å². The molecule has 5 nitrogen and oxygen atoms in total. The molecule has 66 heavy (non-hydrogen) atoms. The molecule has 11 aromatic rings. The van der Waals surface area contributed by atoms with Gasteiger partial charge in [-0.05, 0) is 104 Å². The molecule has 4 aromatic heterocycles.